The first-order valence-corrected chi connectivity index (χ1v) is 5.75. The van der Waals surface area contributed by atoms with Gasteiger partial charge in [0.25, 0.3) is 0 Å². The average molecular weight is 227 g/mol. The van der Waals surface area contributed by atoms with Gasteiger partial charge in [0, 0.05) is 11.4 Å². The SMILES string of the molecule is NC(C(=O)O)c1csc(NC2CCC2)n1. The van der Waals surface area contributed by atoms with Crippen molar-refractivity contribution < 1.29 is 9.90 Å². The van der Waals surface area contributed by atoms with E-state index in [1.54, 1.807) is 5.38 Å². The van der Waals surface area contributed by atoms with Gasteiger partial charge >= 0.3 is 5.97 Å². The van der Waals surface area contributed by atoms with E-state index < -0.39 is 12.0 Å². The summed E-state index contributed by atoms with van der Waals surface area (Å²) in [7, 11) is 0. The number of carbonyl (C=O) groups is 1. The van der Waals surface area contributed by atoms with Crippen LogP contribution in [0.4, 0.5) is 5.13 Å². The fraction of sp³-hybridized carbons (Fsp3) is 0.556. The Labute approximate surface area is 91.3 Å². The molecule has 1 aromatic rings. The van der Waals surface area contributed by atoms with Crippen LogP contribution in [0, 0.1) is 0 Å². The summed E-state index contributed by atoms with van der Waals surface area (Å²) in [4.78, 5) is 14.8. The van der Waals surface area contributed by atoms with Crippen LogP contribution in [0.25, 0.3) is 0 Å². The molecule has 1 aliphatic rings. The van der Waals surface area contributed by atoms with E-state index in [1.807, 2.05) is 0 Å². The van der Waals surface area contributed by atoms with Crippen LogP contribution in [0.3, 0.4) is 0 Å². The number of thiazole rings is 1. The zero-order valence-electron chi connectivity index (χ0n) is 8.14. The van der Waals surface area contributed by atoms with Gasteiger partial charge in [-0.25, -0.2) is 4.98 Å². The highest BCUT2D eigenvalue weighted by molar-refractivity contribution is 7.13. The summed E-state index contributed by atoms with van der Waals surface area (Å²) in [6, 6.07) is -0.511. The number of hydrogen-bond acceptors (Lipinski definition) is 5. The highest BCUT2D eigenvalue weighted by atomic mass is 32.1. The van der Waals surface area contributed by atoms with E-state index >= 15 is 0 Å². The maximum Gasteiger partial charge on any atom is 0.326 e. The van der Waals surface area contributed by atoms with Gasteiger partial charge in [-0.2, -0.15) is 0 Å². The third kappa shape index (κ3) is 2.27. The first kappa shape index (κ1) is 10.4. The minimum absolute atomic E-state index is 0.425. The molecule has 15 heavy (non-hydrogen) atoms. The van der Waals surface area contributed by atoms with Gasteiger partial charge in [0.15, 0.2) is 5.13 Å². The number of nitrogens with zero attached hydrogens (tertiary/aromatic N) is 1. The molecule has 0 radical (unpaired) electrons. The number of nitrogens with two attached hydrogens (primary N) is 1. The van der Waals surface area contributed by atoms with Gasteiger partial charge in [-0.15, -0.1) is 11.3 Å². The predicted molar refractivity (Wildman–Crippen MR) is 57.9 cm³/mol. The van der Waals surface area contributed by atoms with Crippen LogP contribution in [-0.2, 0) is 4.79 Å². The maximum absolute atomic E-state index is 10.6. The summed E-state index contributed by atoms with van der Waals surface area (Å²) >= 11 is 1.41. The van der Waals surface area contributed by atoms with E-state index in [1.165, 1.54) is 30.6 Å². The molecule has 0 spiro atoms. The molecule has 2 rings (SSSR count). The molecule has 1 fully saturated rings. The Bertz CT molecular complexity index is 362. The fourth-order valence-corrected chi connectivity index (χ4v) is 2.17. The van der Waals surface area contributed by atoms with Crippen LogP contribution in [-0.4, -0.2) is 22.1 Å². The number of aliphatic carboxylic acids is 1. The lowest BCUT2D eigenvalue weighted by Gasteiger charge is -2.25. The molecular weight excluding hydrogens is 214 g/mol. The quantitative estimate of drug-likeness (QED) is 0.719. The standard InChI is InChI=1S/C9H13N3O2S/c10-7(8(13)14)6-4-15-9(12-6)11-5-2-1-3-5/h4-5,7H,1-3,10H2,(H,11,12)(H,13,14). The van der Waals surface area contributed by atoms with Gasteiger partial charge in [-0.05, 0) is 19.3 Å². The van der Waals surface area contributed by atoms with Crippen LogP contribution in [0.1, 0.15) is 31.0 Å². The van der Waals surface area contributed by atoms with Crippen molar-refractivity contribution in [3.8, 4) is 0 Å². The van der Waals surface area contributed by atoms with Crippen molar-refractivity contribution in [2.75, 3.05) is 5.32 Å². The van der Waals surface area contributed by atoms with Crippen LogP contribution in [0.2, 0.25) is 0 Å². The lowest BCUT2D eigenvalue weighted by molar-refractivity contribution is -0.138. The molecule has 6 heteroatoms. The maximum atomic E-state index is 10.6. The molecule has 1 aliphatic carbocycles. The number of carboxylic acid groups (broad SMARTS) is 1. The third-order valence-electron chi connectivity index (χ3n) is 2.54. The smallest absolute Gasteiger partial charge is 0.326 e. The highest BCUT2D eigenvalue weighted by Crippen LogP contribution is 2.26. The molecule has 0 aromatic carbocycles. The summed E-state index contributed by atoms with van der Waals surface area (Å²) in [5, 5.41) is 14.4. The lowest BCUT2D eigenvalue weighted by Crippen LogP contribution is -2.27. The van der Waals surface area contributed by atoms with Crippen molar-refractivity contribution in [2.45, 2.75) is 31.3 Å². The summed E-state index contributed by atoms with van der Waals surface area (Å²) < 4.78 is 0. The van der Waals surface area contributed by atoms with E-state index in [-0.39, 0.29) is 0 Å². The summed E-state index contributed by atoms with van der Waals surface area (Å²) in [5.74, 6) is -1.05. The third-order valence-corrected chi connectivity index (χ3v) is 3.33. The Balaban J connectivity index is 1.99. The van der Waals surface area contributed by atoms with Crippen LogP contribution in [0.5, 0.6) is 0 Å². The van der Waals surface area contributed by atoms with E-state index in [0.29, 0.717) is 11.7 Å². The highest BCUT2D eigenvalue weighted by Gasteiger charge is 2.21. The van der Waals surface area contributed by atoms with Crippen molar-refractivity contribution in [1.29, 1.82) is 0 Å². The Morgan fingerprint density at radius 2 is 2.47 bits per heavy atom. The van der Waals surface area contributed by atoms with Gasteiger partial charge in [0.2, 0.25) is 0 Å². The van der Waals surface area contributed by atoms with Crippen LogP contribution >= 0.6 is 11.3 Å². The summed E-state index contributed by atoms with van der Waals surface area (Å²) in [5.41, 5.74) is 5.87. The number of rotatable bonds is 4. The zero-order chi connectivity index (χ0) is 10.8. The molecule has 1 aromatic heterocycles. The van der Waals surface area contributed by atoms with E-state index in [2.05, 4.69) is 10.3 Å². The van der Waals surface area contributed by atoms with Gasteiger partial charge in [-0.3, -0.25) is 4.79 Å². The Hall–Kier alpha value is -1.14. The number of aromatic nitrogens is 1. The van der Waals surface area contributed by atoms with Crippen molar-refractivity contribution in [1.82, 2.24) is 4.98 Å². The molecule has 1 unspecified atom stereocenters. The molecule has 0 aliphatic heterocycles. The van der Waals surface area contributed by atoms with E-state index in [0.717, 1.165) is 5.13 Å². The van der Waals surface area contributed by atoms with Crippen molar-refractivity contribution in [3.05, 3.63) is 11.1 Å². The second-order valence-electron chi connectivity index (χ2n) is 3.67. The minimum atomic E-state index is -1.05. The molecular formula is C9H13N3O2S. The molecule has 1 atom stereocenters. The molecule has 1 saturated carbocycles. The van der Waals surface area contributed by atoms with E-state index in [4.69, 9.17) is 10.8 Å². The Kier molecular flexibility index (Phi) is 2.88. The van der Waals surface area contributed by atoms with Crippen LogP contribution in [0.15, 0.2) is 5.38 Å². The molecule has 0 bridgehead atoms. The molecule has 5 nitrogen and oxygen atoms in total. The number of hydrogen-bond donors (Lipinski definition) is 3. The fourth-order valence-electron chi connectivity index (χ4n) is 1.35. The molecule has 0 amide bonds. The predicted octanol–water partition coefficient (Wildman–Crippen LogP) is 1.19. The molecule has 82 valence electrons. The van der Waals surface area contributed by atoms with E-state index in [9.17, 15) is 4.79 Å². The van der Waals surface area contributed by atoms with Crippen molar-refractivity contribution in [3.63, 3.8) is 0 Å². The Morgan fingerprint density at radius 1 is 1.73 bits per heavy atom. The lowest BCUT2D eigenvalue weighted by atomic mass is 9.93. The first-order chi connectivity index (χ1) is 7.16. The van der Waals surface area contributed by atoms with Crippen molar-refractivity contribution in [2.24, 2.45) is 5.73 Å². The molecule has 4 N–H and O–H groups in total. The largest absolute Gasteiger partial charge is 0.480 e. The van der Waals surface area contributed by atoms with Crippen LogP contribution < -0.4 is 11.1 Å². The van der Waals surface area contributed by atoms with Gasteiger partial charge in [-0.1, -0.05) is 0 Å². The van der Waals surface area contributed by atoms with Gasteiger partial charge in [0.1, 0.15) is 6.04 Å². The number of carboxylic acids is 1. The summed E-state index contributed by atoms with van der Waals surface area (Å²) in [6.07, 6.45) is 3.59. The zero-order valence-corrected chi connectivity index (χ0v) is 8.96. The monoisotopic (exact) mass is 227 g/mol. The topological polar surface area (TPSA) is 88.2 Å². The normalized spacial score (nSPS) is 18.2. The average Bonchev–Trinajstić information content (AvgIpc) is 2.58. The molecule has 0 saturated heterocycles. The summed E-state index contributed by atoms with van der Waals surface area (Å²) in [6.45, 7) is 0. The number of nitrogens with one attached hydrogen (secondary N) is 1. The van der Waals surface area contributed by atoms with Gasteiger partial charge in [0.05, 0.1) is 5.69 Å². The first-order valence-electron chi connectivity index (χ1n) is 4.87. The Morgan fingerprint density at radius 3 is 3.00 bits per heavy atom. The van der Waals surface area contributed by atoms with Crippen molar-refractivity contribution >= 4 is 22.4 Å². The minimum Gasteiger partial charge on any atom is -0.480 e. The number of anilines is 1. The molecule has 1 heterocycles. The van der Waals surface area contributed by atoms with Gasteiger partial charge < -0.3 is 16.2 Å². The second-order valence-corrected chi connectivity index (χ2v) is 4.52. The second kappa shape index (κ2) is 4.16.